The Bertz CT molecular complexity index is 1630. The number of methoxy groups -OCH3 is 2. The molecule has 0 bridgehead atoms. The molecule has 0 radical (unpaired) electrons. The fourth-order valence-electron chi connectivity index (χ4n) is 3.70. The Balaban J connectivity index is 0.00000114. The molecule has 2 heterocycles. The second-order valence-corrected chi connectivity index (χ2v) is 8.42. The third-order valence-corrected chi connectivity index (χ3v) is 5.52. The Labute approximate surface area is 235 Å². The van der Waals surface area contributed by atoms with Gasteiger partial charge in [-0.2, -0.15) is 17.9 Å². The largest absolute Gasteiger partial charge is 0.493 e. The van der Waals surface area contributed by atoms with Gasteiger partial charge in [-0.1, -0.05) is 0 Å². The van der Waals surface area contributed by atoms with Crippen LogP contribution >= 0.6 is 0 Å². The van der Waals surface area contributed by atoms with Gasteiger partial charge in [0.1, 0.15) is 23.3 Å². The summed E-state index contributed by atoms with van der Waals surface area (Å²) >= 11 is 0. The average Bonchev–Trinajstić information content (AvgIpc) is 3.32. The lowest BCUT2D eigenvalue weighted by molar-refractivity contribution is -0.138. The topological polar surface area (TPSA) is 181 Å². The maximum atomic E-state index is 15.3. The van der Waals surface area contributed by atoms with E-state index in [9.17, 15) is 18.0 Å². The number of nitrogens with two attached hydrogens (primary N) is 1. The number of anilines is 1. The molecule has 42 heavy (non-hydrogen) atoms. The molecule has 6 N–H and O–H groups in total. The molecule has 0 fully saturated rings. The summed E-state index contributed by atoms with van der Waals surface area (Å²) in [4.78, 5) is 27.9. The third kappa shape index (κ3) is 7.21. The number of alkyl halides is 3. The Kier molecular flexibility index (Phi) is 9.51. The van der Waals surface area contributed by atoms with E-state index in [2.05, 4.69) is 20.4 Å². The molecule has 16 heteroatoms. The molecule has 222 valence electrons. The molecule has 12 nitrogen and oxygen atoms in total. The Morgan fingerprint density at radius 2 is 1.74 bits per heavy atom. The summed E-state index contributed by atoms with van der Waals surface area (Å²) < 4.78 is 66.9. The zero-order valence-corrected chi connectivity index (χ0v) is 22.3. The highest BCUT2D eigenvalue weighted by atomic mass is 19.4. The van der Waals surface area contributed by atoms with Crippen molar-refractivity contribution >= 4 is 17.5 Å². The minimum absolute atomic E-state index is 0.0590. The predicted octanol–water partition coefficient (Wildman–Crippen LogP) is 3.71. The molecule has 0 aliphatic carbocycles. The number of ether oxygens (including phenoxy) is 2. The molecular formula is C26H25F4N7O5. The average molecular weight is 592 g/mol. The van der Waals surface area contributed by atoms with Crippen molar-refractivity contribution in [2.45, 2.75) is 19.1 Å². The minimum Gasteiger partial charge on any atom is -0.493 e. The van der Waals surface area contributed by atoms with Gasteiger partial charge in [0.25, 0.3) is 5.97 Å². The number of aromatic nitrogens is 4. The minimum atomic E-state index is -4.81. The van der Waals surface area contributed by atoms with E-state index in [4.69, 9.17) is 30.5 Å². The molecule has 0 aliphatic rings. The number of halogens is 4. The molecular weight excluding hydrogens is 566 g/mol. The van der Waals surface area contributed by atoms with Crippen LogP contribution in [-0.2, 0) is 11.0 Å². The van der Waals surface area contributed by atoms with Gasteiger partial charge in [0, 0.05) is 36.0 Å². The van der Waals surface area contributed by atoms with Crippen LogP contribution in [-0.4, -0.2) is 50.9 Å². The molecule has 0 spiro atoms. The van der Waals surface area contributed by atoms with Gasteiger partial charge in [0.2, 0.25) is 0 Å². The van der Waals surface area contributed by atoms with Crippen LogP contribution in [0.5, 0.6) is 11.5 Å². The summed E-state index contributed by atoms with van der Waals surface area (Å²) in [7, 11) is 2.67. The molecule has 0 aliphatic heterocycles. The van der Waals surface area contributed by atoms with E-state index in [1.54, 1.807) is 12.1 Å². The molecule has 4 rings (SSSR count). The Morgan fingerprint density at radius 1 is 1.14 bits per heavy atom. The summed E-state index contributed by atoms with van der Waals surface area (Å²) in [5.74, 6) is -2.47. The summed E-state index contributed by atoms with van der Waals surface area (Å²) in [6, 6.07) is 9.20. The molecule has 2 aromatic heterocycles. The second-order valence-electron chi connectivity index (χ2n) is 8.42. The summed E-state index contributed by atoms with van der Waals surface area (Å²) in [6.07, 6.45) is -3.72. The van der Waals surface area contributed by atoms with Crippen molar-refractivity contribution in [2.24, 2.45) is 5.73 Å². The van der Waals surface area contributed by atoms with Gasteiger partial charge in [0.05, 0.1) is 14.2 Å². The molecule has 0 saturated heterocycles. The predicted molar refractivity (Wildman–Crippen MR) is 143 cm³/mol. The number of benzene rings is 2. The Morgan fingerprint density at radius 3 is 2.29 bits per heavy atom. The highest BCUT2D eigenvalue weighted by molar-refractivity contribution is 5.95. The van der Waals surface area contributed by atoms with Crippen LogP contribution in [0.1, 0.15) is 35.5 Å². The van der Waals surface area contributed by atoms with Crippen molar-refractivity contribution < 1.29 is 36.9 Å². The first-order valence-electron chi connectivity index (χ1n) is 11.8. The van der Waals surface area contributed by atoms with Crippen LogP contribution in [0, 0.1) is 11.2 Å². The SMILES string of the molecule is CC(=O)O.COc1cc(F)c(C(Nc2ccc(C(=N)N)cc2)c2nn(-c3ncccc3C(F)(F)F)c(=O)[nH]2)cc1OC. The van der Waals surface area contributed by atoms with E-state index in [0.29, 0.717) is 15.9 Å². The van der Waals surface area contributed by atoms with Crippen molar-refractivity contribution in [2.75, 3.05) is 19.5 Å². The van der Waals surface area contributed by atoms with Crippen LogP contribution in [0.25, 0.3) is 5.82 Å². The standard InChI is InChI=1S/C24H21F4N7O3.C2H4O2/c1-37-17-10-14(16(25)11-18(17)38-2)19(32-13-7-5-12(6-8-13)20(29)30)21-33-23(36)35(34-21)22-15(24(26,27)28)4-3-9-31-22;1-2(3)4/h3-11,19,32H,1-2H3,(H3,29,30)(H,33,34,36);1H3,(H,3,4). The zero-order chi connectivity index (χ0) is 31.2. The maximum Gasteiger partial charge on any atom is 0.420 e. The van der Waals surface area contributed by atoms with Crippen LogP contribution < -0.4 is 26.2 Å². The number of amidine groups is 1. The number of carboxylic acids is 1. The summed E-state index contributed by atoms with van der Waals surface area (Å²) in [6.45, 7) is 1.08. The number of nitrogens with one attached hydrogen (secondary N) is 3. The van der Waals surface area contributed by atoms with Crippen LogP contribution in [0.2, 0.25) is 0 Å². The zero-order valence-electron chi connectivity index (χ0n) is 22.3. The van der Waals surface area contributed by atoms with Crippen molar-refractivity contribution in [3.05, 3.63) is 93.5 Å². The van der Waals surface area contributed by atoms with E-state index in [-0.39, 0.29) is 28.7 Å². The highest BCUT2D eigenvalue weighted by Gasteiger charge is 2.36. The number of nitrogen functional groups attached to an aromatic ring is 1. The number of rotatable bonds is 8. The lowest BCUT2D eigenvalue weighted by atomic mass is 10.0. The number of H-pyrrole nitrogens is 1. The van der Waals surface area contributed by atoms with Crippen molar-refractivity contribution in [1.29, 1.82) is 5.41 Å². The summed E-state index contributed by atoms with van der Waals surface area (Å²) in [5.41, 5.74) is 4.06. The van der Waals surface area contributed by atoms with Crippen molar-refractivity contribution in [3.63, 3.8) is 0 Å². The van der Waals surface area contributed by atoms with Crippen LogP contribution in [0.3, 0.4) is 0 Å². The fourth-order valence-corrected chi connectivity index (χ4v) is 3.70. The number of carboxylic acid groups (broad SMARTS) is 1. The lowest BCUT2D eigenvalue weighted by Gasteiger charge is -2.20. The fraction of sp³-hybridized carbons (Fsp3) is 0.192. The number of nitrogens with zero attached hydrogens (tertiary/aromatic N) is 3. The molecule has 1 unspecified atom stereocenters. The van der Waals surface area contributed by atoms with Gasteiger partial charge in [-0.25, -0.2) is 14.2 Å². The van der Waals surface area contributed by atoms with E-state index in [1.165, 1.54) is 32.4 Å². The van der Waals surface area contributed by atoms with Crippen molar-refractivity contribution in [1.82, 2.24) is 19.7 Å². The summed E-state index contributed by atoms with van der Waals surface area (Å²) in [5, 5.41) is 22.0. The van der Waals surface area contributed by atoms with E-state index >= 15 is 4.39 Å². The first kappa shape index (κ1) is 31.1. The molecule has 0 amide bonds. The number of pyridine rings is 1. The third-order valence-electron chi connectivity index (χ3n) is 5.52. The Hall–Kier alpha value is -5.41. The monoisotopic (exact) mass is 591 g/mol. The maximum absolute atomic E-state index is 15.3. The quantitative estimate of drug-likeness (QED) is 0.116. The normalized spacial score (nSPS) is 11.6. The molecule has 2 aromatic carbocycles. The smallest absolute Gasteiger partial charge is 0.420 e. The van der Waals surface area contributed by atoms with E-state index < -0.39 is 41.1 Å². The van der Waals surface area contributed by atoms with Gasteiger partial charge in [0.15, 0.2) is 23.1 Å². The molecule has 1 atom stereocenters. The highest BCUT2D eigenvalue weighted by Crippen LogP contribution is 2.36. The van der Waals surface area contributed by atoms with Crippen molar-refractivity contribution in [3.8, 4) is 17.3 Å². The van der Waals surface area contributed by atoms with E-state index in [0.717, 1.165) is 31.3 Å². The van der Waals surface area contributed by atoms with Gasteiger partial charge in [-0.15, -0.1) is 5.10 Å². The number of aliphatic carboxylic acids is 1. The van der Waals surface area contributed by atoms with Crippen LogP contribution in [0.4, 0.5) is 23.2 Å². The van der Waals surface area contributed by atoms with Gasteiger partial charge in [-0.05, 0) is 42.5 Å². The lowest BCUT2D eigenvalue weighted by Crippen LogP contribution is -2.21. The van der Waals surface area contributed by atoms with E-state index in [1.807, 2.05) is 0 Å². The second kappa shape index (κ2) is 12.8. The van der Waals surface area contributed by atoms with Crippen LogP contribution in [0.15, 0.2) is 59.5 Å². The van der Waals surface area contributed by atoms with Gasteiger partial charge in [-0.3, -0.25) is 15.2 Å². The number of carbonyl (C=O) groups is 1. The van der Waals surface area contributed by atoms with Gasteiger partial charge >= 0.3 is 11.9 Å². The molecule has 4 aromatic rings. The molecule has 0 saturated carbocycles. The number of hydrogen-bond donors (Lipinski definition) is 5. The number of hydrogen-bond acceptors (Lipinski definition) is 8. The number of aromatic amines is 1. The first-order valence-corrected chi connectivity index (χ1v) is 11.8. The van der Waals surface area contributed by atoms with Gasteiger partial charge < -0.3 is 25.6 Å². The first-order chi connectivity index (χ1) is 19.8.